The Morgan fingerprint density at radius 2 is 1.76 bits per heavy atom. The minimum atomic E-state index is -0.920. The fraction of sp³-hybridized carbons (Fsp3) is 0.458. The molecule has 0 spiro atoms. The summed E-state index contributed by atoms with van der Waals surface area (Å²) in [4.78, 5) is 15.2. The Bertz CT molecular complexity index is 857. The molecule has 1 fully saturated rings. The van der Waals surface area contributed by atoms with Crippen LogP contribution in [0.1, 0.15) is 47.3 Å². The van der Waals surface area contributed by atoms with Crippen LogP contribution in [0.25, 0.3) is 0 Å². The molecule has 1 aliphatic heterocycles. The van der Waals surface area contributed by atoms with Crippen LogP contribution >= 0.6 is 0 Å². The van der Waals surface area contributed by atoms with Gasteiger partial charge in [-0.1, -0.05) is 50.2 Å². The number of rotatable bonds is 7. The van der Waals surface area contributed by atoms with Crippen LogP contribution in [0, 0.1) is 11.8 Å². The van der Waals surface area contributed by atoms with E-state index in [0.717, 1.165) is 42.6 Å². The number of carbonyl (C=O) groups excluding carboxylic acids is 1. The first kappa shape index (κ1) is 21.7. The third kappa shape index (κ3) is 6.51. The maximum Gasteiger partial charge on any atom is 0.251 e. The fourth-order valence-electron chi connectivity index (χ4n) is 4.36. The van der Waals surface area contributed by atoms with E-state index in [1.165, 1.54) is 12.0 Å². The smallest absolute Gasteiger partial charge is 0.251 e. The maximum atomic E-state index is 12.6. The zero-order valence-electron chi connectivity index (χ0n) is 17.7. The molecule has 29 heavy (non-hydrogen) atoms. The highest BCUT2D eigenvalue weighted by Gasteiger charge is 2.22. The molecule has 0 bridgehead atoms. The van der Waals surface area contributed by atoms with Gasteiger partial charge in [-0.2, -0.15) is 0 Å². The molecular weight excluding hydrogens is 380 g/mol. The highest BCUT2D eigenvalue weighted by atomic mass is 32.2. The summed E-state index contributed by atoms with van der Waals surface area (Å²) in [6, 6.07) is 15.8. The Balaban J connectivity index is 1.64. The fourth-order valence-corrected chi connectivity index (χ4v) is 5.01. The topological polar surface area (TPSA) is 49.4 Å². The van der Waals surface area contributed by atoms with Crippen molar-refractivity contribution in [3.8, 4) is 0 Å². The standard InChI is InChI=1S/C24H32N2O2S/c1-18-11-19(2)15-26(14-18)16-23-9-5-4-8-22(23)13-25-24(27)21-10-6-7-20(12-21)17-29(3)28/h4-10,12,18-19H,11,13-17H2,1-3H3,(H,25,27)/t18-,19-,29+/m1/s1. The minimum Gasteiger partial charge on any atom is -0.348 e. The van der Waals surface area contributed by atoms with Gasteiger partial charge < -0.3 is 5.32 Å². The monoisotopic (exact) mass is 412 g/mol. The number of hydrogen-bond donors (Lipinski definition) is 1. The molecule has 1 aliphatic rings. The van der Waals surface area contributed by atoms with Gasteiger partial charge in [-0.05, 0) is 47.1 Å². The zero-order valence-corrected chi connectivity index (χ0v) is 18.5. The number of benzene rings is 2. The summed E-state index contributed by atoms with van der Waals surface area (Å²) in [5, 5.41) is 3.06. The third-order valence-corrected chi connectivity index (χ3v) is 6.20. The lowest BCUT2D eigenvalue weighted by Gasteiger charge is -2.35. The molecule has 1 N–H and O–H groups in total. The summed E-state index contributed by atoms with van der Waals surface area (Å²) >= 11 is 0. The molecule has 1 heterocycles. The lowest BCUT2D eigenvalue weighted by atomic mass is 9.91. The molecule has 3 atom stereocenters. The number of likely N-dealkylation sites (tertiary alicyclic amines) is 1. The average molecular weight is 413 g/mol. The minimum absolute atomic E-state index is 0.0937. The lowest BCUT2D eigenvalue weighted by Crippen LogP contribution is -2.38. The molecule has 1 saturated heterocycles. The number of nitrogens with one attached hydrogen (secondary N) is 1. The van der Waals surface area contributed by atoms with Crippen molar-refractivity contribution < 1.29 is 9.00 Å². The predicted octanol–water partition coefficient (Wildman–Crippen LogP) is 3.97. The molecular formula is C24H32N2O2S. The van der Waals surface area contributed by atoms with Crippen LogP contribution in [0.3, 0.4) is 0 Å². The van der Waals surface area contributed by atoms with E-state index >= 15 is 0 Å². The number of amides is 1. The van der Waals surface area contributed by atoms with Gasteiger partial charge in [0, 0.05) is 54.6 Å². The Hall–Kier alpha value is -1.98. The molecule has 3 rings (SSSR count). The third-order valence-electron chi connectivity index (χ3n) is 5.46. The predicted molar refractivity (Wildman–Crippen MR) is 120 cm³/mol. The summed E-state index contributed by atoms with van der Waals surface area (Å²) < 4.78 is 11.5. The molecule has 0 aliphatic carbocycles. The molecule has 156 valence electrons. The van der Waals surface area contributed by atoms with Gasteiger partial charge in [0.05, 0.1) is 0 Å². The second-order valence-electron chi connectivity index (χ2n) is 8.51. The van der Waals surface area contributed by atoms with Crippen molar-refractivity contribution >= 4 is 16.7 Å². The first-order valence-corrected chi connectivity index (χ1v) is 12.1. The van der Waals surface area contributed by atoms with Crippen molar-refractivity contribution in [1.29, 1.82) is 0 Å². The number of hydrogen-bond acceptors (Lipinski definition) is 3. The molecule has 0 saturated carbocycles. The van der Waals surface area contributed by atoms with E-state index < -0.39 is 10.8 Å². The zero-order chi connectivity index (χ0) is 20.8. The summed E-state index contributed by atoms with van der Waals surface area (Å²) in [5.41, 5.74) is 3.98. The molecule has 1 amide bonds. The molecule has 2 aromatic rings. The molecule has 0 radical (unpaired) electrons. The van der Waals surface area contributed by atoms with E-state index in [2.05, 4.69) is 42.3 Å². The second kappa shape index (κ2) is 10.2. The molecule has 5 heteroatoms. The van der Waals surface area contributed by atoms with Crippen molar-refractivity contribution in [1.82, 2.24) is 10.2 Å². The summed E-state index contributed by atoms with van der Waals surface area (Å²) in [5.74, 6) is 1.84. The lowest BCUT2D eigenvalue weighted by molar-refractivity contribution is 0.0950. The summed E-state index contributed by atoms with van der Waals surface area (Å²) in [6.45, 7) is 8.37. The van der Waals surface area contributed by atoms with E-state index in [9.17, 15) is 9.00 Å². The van der Waals surface area contributed by atoms with Gasteiger partial charge in [-0.15, -0.1) is 0 Å². The SMILES string of the molecule is C[C@@H]1C[C@@H](C)CN(Cc2ccccc2CNC(=O)c2cccc(C[S@](C)=O)c2)C1. The van der Waals surface area contributed by atoms with Gasteiger partial charge in [-0.25, -0.2) is 0 Å². The van der Waals surface area contributed by atoms with E-state index in [-0.39, 0.29) is 5.91 Å². The van der Waals surface area contributed by atoms with E-state index in [4.69, 9.17) is 0 Å². The van der Waals surface area contributed by atoms with E-state index in [1.54, 1.807) is 12.3 Å². The maximum absolute atomic E-state index is 12.6. The second-order valence-corrected chi connectivity index (χ2v) is 9.94. The quantitative estimate of drug-likeness (QED) is 0.749. The Labute approximate surface area is 177 Å². The first-order chi connectivity index (χ1) is 13.9. The molecule has 0 aromatic heterocycles. The van der Waals surface area contributed by atoms with Crippen LogP contribution in [0.4, 0.5) is 0 Å². The van der Waals surface area contributed by atoms with Crippen molar-refractivity contribution in [3.05, 3.63) is 70.8 Å². The average Bonchev–Trinajstić information content (AvgIpc) is 2.66. The number of nitrogens with zero attached hydrogens (tertiary/aromatic N) is 1. The van der Waals surface area contributed by atoms with Crippen LogP contribution in [-0.4, -0.2) is 34.4 Å². The Morgan fingerprint density at radius 3 is 2.45 bits per heavy atom. The molecule has 4 nitrogen and oxygen atoms in total. The first-order valence-electron chi connectivity index (χ1n) is 10.4. The number of carbonyl (C=O) groups is 1. The van der Waals surface area contributed by atoms with E-state index in [0.29, 0.717) is 17.9 Å². The van der Waals surface area contributed by atoms with Gasteiger partial charge in [0.2, 0.25) is 0 Å². The van der Waals surface area contributed by atoms with Crippen LogP contribution < -0.4 is 5.32 Å². The summed E-state index contributed by atoms with van der Waals surface area (Å²) in [6.07, 6.45) is 2.98. The summed E-state index contributed by atoms with van der Waals surface area (Å²) in [7, 11) is -0.920. The van der Waals surface area contributed by atoms with Crippen molar-refractivity contribution in [3.63, 3.8) is 0 Å². The Morgan fingerprint density at radius 1 is 1.07 bits per heavy atom. The van der Waals surface area contributed by atoms with Gasteiger partial charge in [0.1, 0.15) is 0 Å². The van der Waals surface area contributed by atoms with Crippen LogP contribution in [0.15, 0.2) is 48.5 Å². The molecule has 0 unspecified atom stereocenters. The Kier molecular flexibility index (Phi) is 7.62. The van der Waals surface area contributed by atoms with Gasteiger partial charge in [0.15, 0.2) is 0 Å². The largest absolute Gasteiger partial charge is 0.348 e. The molecule has 2 aromatic carbocycles. The van der Waals surface area contributed by atoms with Crippen LogP contribution in [0.2, 0.25) is 0 Å². The van der Waals surface area contributed by atoms with Crippen LogP contribution in [0.5, 0.6) is 0 Å². The van der Waals surface area contributed by atoms with Crippen molar-refractivity contribution in [2.45, 2.75) is 39.1 Å². The highest BCUT2D eigenvalue weighted by Crippen LogP contribution is 2.23. The number of piperidine rings is 1. The van der Waals surface area contributed by atoms with Gasteiger partial charge in [-0.3, -0.25) is 13.9 Å². The highest BCUT2D eigenvalue weighted by molar-refractivity contribution is 7.83. The van der Waals surface area contributed by atoms with Gasteiger partial charge >= 0.3 is 0 Å². The van der Waals surface area contributed by atoms with Gasteiger partial charge in [0.25, 0.3) is 5.91 Å². The van der Waals surface area contributed by atoms with Crippen LogP contribution in [-0.2, 0) is 29.6 Å². The van der Waals surface area contributed by atoms with Crippen molar-refractivity contribution in [2.75, 3.05) is 19.3 Å². The van der Waals surface area contributed by atoms with E-state index in [1.807, 2.05) is 24.3 Å². The normalized spacial score (nSPS) is 20.9. The van der Waals surface area contributed by atoms with Crippen molar-refractivity contribution in [2.24, 2.45) is 11.8 Å².